The average molecular weight is 626 g/mol. The second-order valence-electron chi connectivity index (χ2n) is 12.9. The van der Waals surface area contributed by atoms with Crippen LogP contribution in [0.2, 0.25) is 0 Å². The van der Waals surface area contributed by atoms with Gasteiger partial charge >= 0.3 is 0 Å². The molecule has 3 aliphatic rings. The molecule has 1 aromatic rings. The van der Waals surface area contributed by atoms with Crippen molar-refractivity contribution in [1.29, 1.82) is 0 Å². The van der Waals surface area contributed by atoms with E-state index >= 15 is 0 Å². The quantitative estimate of drug-likeness (QED) is 0.271. The minimum Gasteiger partial charge on any atom is -0.494 e. The summed E-state index contributed by atoms with van der Waals surface area (Å²) in [7, 11) is 0. The fourth-order valence-electron chi connectivity index (χ4n) is 7.88. The summed E-state index contributed by atoms with van der Waals surface area (Å²) >= 11 is 1.67. The van der Waals surface area contributed by atoms with Gasteiger partial charge in [0.15, 0.2) is 0 Å². The third kappa shape index (κ3) is 5.70. The van der Waals surface area contributed by atoms with Crippen molar-refractivity contribution in [2.45, 2.75) is 88.9 Å². The molecule has 4 unspecified atom stereocenters. The standard InChI is InChI=1S/C35H51N3O5S/c1-9-13-24(8)36(18-10-2)34(42)31-35-23(7)20-28(44-35)29(30(35)33(41)38(31)27(21-39)22(5)6)32(40)37(19-11-3)25-14-16-26(17-15-25)43-12-4/h10-11,14-17,22-24,27-31,39H,2-3,9,12-13,18-21H2,1,4-8H3/t23?,24?,27-,28+,29-,30-,31?,35?/m0/s1. The highest BCUT2D eigenvalue weighted by molar-refractivity contribution is 8.02. The first-order chi connectivity index (χ1) is 21.0. The molecule has 3 heterocycles. The molecule has 242 valence electrons. The Kier molecular flexibility index (Phi) is 10.9. The molecule has 8 nitrogen and oxygen atoms in total. The van der Waals surface area contributed by atoms with Gasteiger partial charge in [-0.25, -0.2) is 0 Å². The van der Waals surface area contributed by atoms with Crippen LogP contribution >= 0.6 is 11.8 Å². The van der Waals surface area contributed by atoms with Crippen LogP contribution in [0.4, 0.5) is 5.69 Å². The molecule has 3 saturated heterocycles. The molecule has 0 radical (unpaired) electrons. The van der Waals surface area contributed by atoms with E-state index in [1.807, 2.05) is 56.9 Å². The Morgan fingerprint density at radius 2 is 1.80 bits per heavy atom. The van der Waals surface area contributed by atoms with E-state index in [-0.39, 0.29) is 47.5 Å². The first-order valence-electron chi connectivity index (χ1n) is 16.2. The summed E-state index contributed by atoms with van der Waals surface area (Å²) in [6.07, 6.45) is 5.93. The summed E-state index contributed by atoms with van der Waals surface area (Å²) in [4.78, 5) is 49.4. The van der Waals surface area contributed by atoms with E-state index < -0.39 is 28.7 Å². The summed E-state index contributed by atoms with van der Waals surface area (Å²) in [5.74, 6) is -1.01. The van der Waals surface area contributed by atoms with Crippen LogP contribution < -0.4 is 9.64 Å². The molecule has 4 rings (SSSR count). The van der Waals surface area contributed by atoms with Gasteiger partial charge in [-0.1, -0.05) is 46.3 Å². The summed E-state index contributed by atoms with van der Waals surface area (Å²) in [6, 6.07) is 6.06. The zero-order valence-electron chi connectivity index (χ0n) is 27.3. The Balaban J connectivity index is 1.82. The number of rotatable bonds is 15. The van der Waals surface area contributed by atoms with Gasteiger partial charge in [-0.2, -0.15) is 0 Å². The lowest BCUT2D eigenvalue weighted by Crippen LogP contribution is -2.61. The van der Waals surface area contributed by atoms with Crippen molar-refractivity contribution in [3.05, 3.63) is 49.6 Å². The maximum atomic E-state index is 14.8. The summed E-state index contributed by atoms with van der Waals surface area (Å²) in [5, 5.41) is 10.5. The average Bonchev–Trinajstić information content (AvgIpc) is 3.59. The Labute approximate surface area is 267 Å². The zero-order chi connectivity index (χ0) is 32.3. The number of nitrogens with zero attached hydrogens (tertiary/aromatic N) is 3. The van der Waals surface area contributed by atoms with Crippen LogP contribution in [0.1, 0.15) is 60.8 Å². The maximum Gasteiger partial charge on any atom is 0.247 e. The fraction of sp³-hybridized carbons (Fsp3) is 0.629. The number of amides is 3. The normalized spacial score (nSPS) is 28.5. The van der Waals surface area contributed by atoms with Gasteiger partial charge in [-0.15, -0.1) is 24.9 Å². The van der Waals surface area contributed by atoms with Crippen molar-refractivity contribution in [2.75, 3.05) is 31.2 Å². The van der Waals surface area contributed by atoms with E-state index in [1.165, 1.54) is 0 Å². The van der Waals surface area contributed by atoms with E-state index in [9.17, 15) is 19.5 Å². The first-order valence-corrected chi connectivity index (χ1v) is 17.1. The Bertz CT molecular complexity index is 1220. The molecule has 1 spiro atoms. The molecule has 3 fully saturated rings. The number of hydrogen-bond donors (Lipinski definition) is 1. The lowest BCUT2D eigenvalue weighted by atomic mass is 9.65. The number of thioether (sulfide) groups is 1. The van der Waals surface area contributed by atoms with Gasteiger partial charge < -0.3 is 24.5 Å². The summed E-state index contributed by atoms with van der Waals surface area (Å²) in [6.45, 7) is 20.9. The number of likely N-dealkylation sites (tertiary alicyclic amines) is 1. The number of carbonyl (C=O) groups excluding carboxylic acids is 3. The van der Waals surface area contributed by atoms with Crippen LogP contribution in [0.15, 0.2) is 49.6 Å². The molecule has 9 heteroatoms. The molecule has 1 aromatic carbocycles. The topological polar surface area (TPSA) is 90.4 Å². The molecule has 0 aliphatic carbocycles. The predicted molar refractivity (Wildman–Crippen MR) is 178 cm³/mol. The van der Waals surface area contributed by atoms with Crippen LogP contribution in [0.5, 0.6) is 5.75 Å². The first kappa shape index (κ1) is 34.1. The number of aliphatic hydroxyl groups excluding tert-OH is 1. The van der Waals surface area contributed by atoms with E-state index in [2.05, 4.69) is 27.0 Å². The van der Waals surface area contributed by atoms with Gasteiger partial charge in [-0.3, -0.25) is 14.4 Å². The smallest absolute Gasteiger partial charge is 0.247 e. The third-order valence-electron chi connectivity index (χ3n) is 9.90. The number of hydrogen-bond acceptors (Lipinski definition) is 6. The number of anilines is 1. The van der Waals surface area contributed by atoms with Crippen molar-refractivity contribution in [1.82, 2.24) is 9.80 Å². The van der Waals surface area contributed by atoms with E-state index in [0.29, 0.717) is 25.4 Å². The van der Waals surface area contributed by atoms with Crippen LogP contribution in [-0.2, 0) is 14.4 Å². The van der Waals surface area contributed by atoms with Gasteiger partial charge in [0.1, 0.15) is 11.8 Å². The van der Waals surface area contributed by atoms with Crippen molar-refractivity contribution in [2.24, 2.45) is 23.7 Å². The SMILES string of the molecule is C=CCN(C(=O)[C@@H]1[C@H]2C(=O)N([C@@H](CO)C(C)C)C(C(=O)N(CC=C)C(C)CCC)C23S[C@@H]1CC3C)c1ccc(OCC)cc1. The van der Waals surface area contributed by atoms with Crippen molar-refractivity contribution in [3.8, 4) is 5.75 Å². The van der Waals surface area contributed by atoms with E-state index in [0.717, 1.165) is 25.0 Å². The molecule has 8 atom stereocenters. The Hall–Kier alpha value is -2.78. The minimum absolute atomic E-state index is 0.0337. The third-order valence-corrected chi connectivity index (χ3v) is 12.0. The largest absolute Gasteiger partial charge is 0.494 e. The number of fused-ring (bicyclic) bond motifs is 1. The predicted octanol–water partition coefficient (Wildman–Crippen LogP) is 5.16. The molecular weight excluding hydrogens is 574 g/mol. The molecular formula is C35H51N3O5S. The molecule has 44 heavy (non-hydrogen) atoms. The summed E-state index contributed by atoms with van der Waals surface area (Å²) in [5.41, 5.74) is 0.712. The lowest BCUT2D eigenvalue weighted by molar-refractivity contribution is -0.147. The minimum atomic E-state index is -0.778. The highest BCUT2D eigenvalue weighted by Crippen LogP contribution is 2.69. The van der Waals surface area contributed by atoms with Crippen LogP contribution in [0, 0.1) is 23.7 Å². The number of carbonyl (C=O) groups is 3. The number of ether oxygens (including phenoxy) is 1. The highest BCUT2D eigenvalue weighted by atomic mass is 32.2. The van der Waals surface area contributed by atoms with Crippen LogP contribution in [-0.4, -0.2) is 87.1 Å². The second-order valence-corrected chi connectivity index (χ2v) is 14.4. The lowest BCUT2D eigenvalue weighted by Gasteiger charge is -2.44. The highest BCUT2D eigenvalue weighted by Gasteiger charge is 2.77. The van der Waals surface area contributed by atoms with Gasteiger partial charge in [-0.05, 0) is 62.8 Å². The van der Waals surface area contributed by atoms with Gasteiger partial charge in [0.05, 0.1) is 35.8 Å². The number of aliphatic hydroxyl groups is 1. The molecule has 0 aromatic heterocycles. The summed E-state index contributed by atoms with van der Waals surface area (Å²) < 4.78 is 4.84. The monoisotopic (exact) mass is 625 g/mol. The molecule has 3 amide bonds. The maximum absolute atomic E-state index is 14.8. The molecule has 3 aliphatic heterocycles. The van der Waals surface area contributed by atoms with Gasteiger partial charge in [0, 0.05) is 30.1 Å². The Morgan fingerprint density at radius 3 is 2.34 bits per heavy atom. The van der Waals surface area contributed by atoms with Gasteiger partial charge in [0.2, 0.25) is 17.7 Å². The Morgan fingerprint density at radius 1 is 1.14 bits per heavy atom. The van der Waals surface area contributed by atoms with E-state index in [1.54, 1.807) is 33.7 Å². The number of benzene rings is 1. The van der Waals surface area contributed by atoms with Gasteiger partial charge in [0.25, 0.3) is 0 Å². The van der Waals surface area contributed by atoms with Crippen molar-refractivity contribution >= 4 is 35.2 Å². The van der Waals surface area contributed by atoms with Crippen molar-refractivity contribution in [3.63, 3.8) is 0 Å². The van der Waals surface area contributed by atoms with Crippen molar-refractivity contribution < 1.29 is 24.2 Å². The molecule has 1 N–H and O–H groups in total. The van der Waals surface area contributed by atoms with E-state index in [4.69, 9.17) is 4.74 Å². The zero-order valence-corrected chi connectivity index (χ0v) is 28.1. The van der Waals surface area contributed by atoms with Crippen LogP contribution in [0.25, 0.3) is 0 Å². The fourth-order valence-corrected chi connectivity index (χ4v) is 10.3. The second kappa shape index (κ2) is 14.1. The molecule has 2 bridgehead atoms. The van der Waals surface area contributed by atoms with Crippen LogP contribution in [0.3, 0.4) is 0 Å². The molecule has 0 saturated carbocycles.